The third-order valence-corrected chi connectivity index (χ3v) is 2.55. The van der Waals surface area contributed by atoms with Gasteiger partial charge >= 0.3 is 5.97 Å². The van der Waals surface area contributed by atoms with Gasteiger partial charge in [-0.05, 0) is 28.9 Å². The number of nitro benzene ring substituents is 1. The van der Waals surface area contributed by atoms with Crippen molar-refractivity contribution in [1.29, 1.82) is 0 Å². The lowest BCUT2D eigenvalue weighted by Gasteiger charge is -2.05. The average molecular weight is 292 g/mol. The van der Waals surface area contributed by atoms with Gasteiger partial charge in [-0.1, -0.05) is 0 Å². The highest BCUT2D eigenvalue weighted by atomic mass is 79.9. The Morgan fingerprint density at radius 2 is 2.25 bits per heavy atom. The number of halogens is 2. The number of hydrogen-bond acceptors (Lipinski definition) is 4. The lowest BCUT2D eigenvalue weighted by molar-refractivity contribution is -0.385. The molecule has 0 fully saturated rings. The molecule has 0 unspecified atom stereocenters. The first-order valence-electron chi connectivity index (χ1n) is 4.28. The Balaban J connectivity index is 3.31. The molecule has 0 radical (unpaired) electrons. The smallest absolute Gasteiger partial charge is 0.342 e. The molecule has 0 saturated carbocycles. The van der Waals surface area contributed by atoms with E-state index in [0.29, 0.717) is 0 Å². The third-order valence-electron chi connectivity index (χ3n) is 1.75. The molecule has 1 aromatic carbocycles. The minimum Gasteiger partial charge on any atom is -0.462 e. The summed E-state index contributed by atoms with van der Waals surface area (Å²) >= 11 is 2.82. The monoisotopic (exact) mass is 291 g/mol. The molecule has 86 valence electrons. The van der Waals surface area contributed by atoms with Crippen molar-refractivity contribution in [3.63, 3.8) is 0 Å². The molecule has 0 heterocycles. The Kier molecular flexibility index (Phi) is 3.94. The Morgan fingerprint density at radius 3 is 2.75 bits per heavy atom. The summed E-state index contributed by atoms with van der Waals surface area (Å²) in [4.78, 5) is 21.2. The summed E-state index contributed by atoms with van der Waals surface area (Å²) in [5.41, 5.74) is -0.847. The second-order valence-corrected chi connectivity index (χ2v) is 3.53. The molecule has 7 heteroatoms. The number of esters is 1. The minimum atomic E-state index is -0.935. The Bertz CT molecular complexity index is 449. The fourth-order valence-corrected chi connectivity index (χ4v) is 1.70. The van der Waals surface area contributed by atoms with E-state index in [1.54, 1.807) is 6.92 Å². The third kappa shape index (κ3) is 2.35. The van der Waals surface area contributed by atoms with E-state index < -0.39 is 22.3 Å². The van der Waals surface area contributed by atoms with Crippen molar-refractivity contribution >= 4 is 27.6 Å². The van der Waals surface area contributed by atoms with Crippen LogP contribution in [0.3, 0.4) is 0 Å². The van der Waals surface area contributed by atoms with Gasteiger partial charge in [0, 0.05) is 6.07 Å². The van der Waals surface area contributed by atoms with Gasteiger partial charge in [0.2, 0.25) is 0 Å². The Labute approximate surface area is 98.5 Å². The van der Waals surface area contributed by atoms with Crippen LogP contribution in [-0.4, -0.2) is 17.5 Å². The number of benzene rings is 1. The maximum absolute atomic E-state index is 13.3. The quantitative estimate of drug-likeness (QED) is 0.488. The van der Waals surface area contributed by atoms with E-state index in [1.807, 2.05) is 0 Å². The second-order valence-electron chi connectivity index (χ2n) is 2.73. The predicted molar refractivity (Wildman–Crippen MR) is 56.7 cm³/mol. The molecule has 0 aliphatic heterocycles. The molecule has 0 amide bonds. The topological polar surface area (TPSA) is 69.4 Å². The zero-order valence-corrected chi connectivity index (χ0v) is 9.78. The van der Waals surface area contributed by atoms with Crippen molar-refractivity contribution in [1.82, 2.24) is 0 Å². The number of ether oxygens (including phenoxy) is 1. The molecular weight excluding hydrogens is 285 g/mol. The molecular formula is C9H7BrFNO4. The zero-order chi connectivity index (χ0) is 12.3. The highest BCUT2D eigenvalue weighted by Crippen LogP contribution is 2.30. The van der Waals surface area contributed by atoms with E-state index in [9.17, 15) is 19.3 Å². The fourth-order valence-electron chi connectivity index (χ4n) is 1.07. The summed E-state index contributed by atoms with van der Waals surface area (Å²) < 4.78 is 17.7. The molecule has 0 atom stereocenters. The molecule has 0 aliphatic rings. The van der Waals surface area contributed by atoms with Crippen LogP contribution in [0, 0.1) is 15.9 Å². The molecule has 16 heavy (non-hydrogen) atoms. The van der Waals surface area contributed by atoms with E-state index in [4.69, 9.17) is 0 Å². The van der Waals surface area contributed by atoms with Gasteiger partial charge in [0.25, 0.3) is 5.69 Å². The van der Waals surface area contributed by atoms with E-state index in [0.717, 1.165) is 12.1 Å². The van der Waals surface area contributed by atoms with Crippen LogP contribution < -0.4 is 0 Å². The Morgan fingerprint density at radius 1 is 1.62 bits per heavy atom. The highest BCUT2D eigenvalue weighted by molar-refractivity contribution is 9.10. The molecule has 0 aromatic heterocycles. The number of carbonyl (C=O) groups is 1. The standard InChI is InChI=1S/C9H7BrFNO4/c1-2-16-9(13)7-5(11)3-4-6(8(7)10)12(14)15/h3-4H,2H2,1H3. The molecule has 5 nitrogen and oxygen atoms in total. The minimum absolute atomic E-state index is 0.0629. The zero-order valence-electron chi connectivity index (χ0n) is 8.20. The van der Waals surface area contributed by atoms with Crippen molar-refractivity contribution in [2.45, 2.75) is 6.92 Å². The number of nitrogens with zero attached hydrogens (tertiary/aromatic N) is 1. The molecule has 1 rings (SSSR count). The highest BCUT2D eigenvalue weighted by Gasteiger charge is 2.24. The van der Waals surface area contributed by atoms with Gasteiger partial charge in [-0.25, -0.2) is 9.18 Å². The lowest BCUT2D eigenvalue weighted by atomic mass is 10.2. The van der Waals surface area contributed by atoms with Crippen LogP contribution in [0.15, 0.2) is 16.6 Å². The van der Waals surface area contributed by atoms with E-state index in [2.05, 4.69) is 20.7 Å². The summed E-state index contributed by atoms with van der Waals surface area (Å²) in [7, 11) is 0. The van der Waals surface area contributed by atoms with Crippen LogP contribution in [-0.2, 0) is 4.74 Å². The first kappa shape index (κ1) is 12.6. The van der Waals surface area contributed by atoms with Crippen molar-refractivity contribution in [2.75, 3.05) is 6.61 Å². The maximum Gasteiger partial charge on any atom is 0.342 e. The SMILES string of the molecule is CCOC(=O)c1c(F)ccc([N+](=O)[O-])c1Br. The van der Waals surface area contributed by atoms with Crippen LogP contribution in [0.4, 0.5) is 10.1 Å². The van der Waals surface area contributed by atoms with E-state index >= 15 is 0 Å². The lowest BCUT2D eigenvalue weighted by Crippen LogP contribution is -2.09. The molecule has 0 saturated heterocycles. The van der Waals surface area contributed by atoms with Crippen molar-refractivity contribution in [2.24, 2.45) is 0 Å². The predicted octanol–water partition coefficient (Wildman–Crippen LogP) is 2.67. The average Bonchev–Trinajstić information content (AvgIpc) is 2.17. The van der Waals surface area contributed by atoms with Crippen LogP contribution >= 0.6 is 15.9 Å². The molecule has 0 spiro atoms. The number of rotatable bonds is 3. The fraction of sp³-hybridized carbons (Fsp3) is 0.222. The number of hydrogen-bond donors (Lipinski definition) is 0. The van der Waals surface area contributed by atoms with Crippen molar-refractivity contribution in [3.8, 4) is 0 Å². The first-order chi connectivity index (χ1) is 7.49. The van der Waals surface area contributed by atoms with Crippen molar-refractivity contribution < 1.29 is 18.8 Å². The van der Waals surface area contributed by atoms with E-state index in [-0.39, 0.29) is 16.8 Å². The van der Waals surface area contributed by atoms with Gasteiger partial charge in [0.15, 0.2) is 0 Å². The number of nitro groups is 1. The van der Waals surface area contributed by atoms with Crippen LogP contribution in [0.2, 0.25) is 0 Å². The first-order valence-corrected chi connectivity index (χ1v) is 5.07. The van der Waals surface area contributed by atoms with Crippen LogP contribution in [0.25, 0.3) is 0 Å². The normalized spacial score (nSPS) is 9.94. The Hall–Kier alpha value is -1.50. The number of carbonyl (C=O) groups excluding carboxylic acids is 1. The van der Waals surface area contributed by atoms with Gasteiger partial charge in [0.05, 0.1) is 11.5 Å². The van der Waals surface area contributed by atoms with Gasteiger partial charge < -0.3 is 4.74 Å². The molecule has 1 aromatic rings. The molecule has 0 N–H and O–H groups in total. The summed E-state index contributed by atoms with van der Waals surface area (Å²) in [5.74, 6) is -1.80. The molecule has 0 bridgehead atoms. The van der Waals surface area contributed by atoms with Gasteiger partial charge in [-0.2, -0.15) is 0 Å². The van der Waals surface area contributed by atoms with Gasteiger partial charge in [0.1, 0.15) is 15.9 Å². The summed E-state index contributed by atoms with van der Waals surface area (Å²) in [5, 5.41) is 10.6. The summed E-state index contributed by atoms with van der Waals surface area (Å²) in [6.45, 7) is 1.62. The largest absolute Gasteiger partial charge is 0.462 e. The summed E-state index contributed by atoms with van der Waals surface area (Å²) in [6, 6.07) is 1.83. The summed E-state index contributed by atoms with van der Waals surface area (Å²) in [6.07, 6.45) is 0. The van der Waals surface area contributed by atoms with Crippen LogP contribution in [0.1, 0.15) is 17.3 Å². The van der Waals surface area contributed by atoms with Gasteiger partial charge in [-0.15, -0.1) is 0 Å². The van der Waals surface area contributed by atoms with Crippen LogP contribution in [0.5, 0.6) is 0 Å². The van der Waals surface area contributed by atoms with Crippen molar-refractivity contribution in [3.05, 3.63) is 38.1 Å². The second kappa shape index (κ2) is 5.02. The molecule has 0 aliphatic carbocycles. The maximum atomic E-state index is 13.3. The van der Waals surface area contributed by atoms with E-state index in [1.165, 1.54) is 0 Å². The van der Waals surface area contributed by atoms with Gasteiger partial charge in [-0.3, -0.25) is 10.1 Å².